The van der Waals surface area contributed by atoms with Crippen LogP contribution in [0.1, 0.15) is 10.5 Å². The predicted octanol–water partition coefficient (Wildman–Crippen LogP) is 0.986. The lowest BCUT2D eigenvalue weighted by molar-refractivity contribution is 0.0989. The fourth-order valence-corrected chi connectivity index (χ4v) is 1.14. The number of H-pyrrole nitrogens is 1. The van der Waals surface area contributed by atoms with E-state index in [2.05, 4.69) is 10.2 Å². The van der Waals surface area contributed by atoms with E-state index in [0.717, 1.165) is 5.52 Å². The molecule has 0 spiro atoms. The van der Waals surface area contributed by atoms with Crippen LogP contribution in [0.2, 0.25) is 0 Å². The Hall–Kier alpha value is -1.84. The maximum atomic E-state index is 10.7. The van der Waals surface area contributed by atoms with E-state index in [-0.39, 0.29) is 5.69 Å². The number of aromatic amines is 1. The Labute approximate surface area is 68.4 Å². The molecule has 1 heterocycles. The molecule has 59 valence electrons. The minimum Gasteiger partial charge on any atom is -0.277 e. The molecule has 1 radical (unpaired) electrons. The molecule has 0 saturated heterocycles. The summed E-state index contributed by atoms with van der Waals surface area (Å²) in [6, 6.07) is 7.23. The first-order chi connectivity index (χ1) is 5.79. The number of hydrogen-bond donors (Lipinski definition) is 1. The van der Waals surface area contributed by atoms with Crippen molar-refractivity contribution in [2.45, 2.75) is 0 Å². The number of carbonyl (C=O) groups is 1. The molecule has 0 unspecified atom stereocenters. The van der Waals surface area contributed by atoms with Gasteiger partial charge in [0, 0.05) is 5.39 Å². The van der Waals surface area contributed by atoms with E-state index in [0.29, 0.717) is 5.39 Å². The summed E-state index contributed by atoms with van der Waals surface area (Å²) in [6.07, 6.45) is 0. The number of benzene rings is 1. The zero-order chi connectivity index (χ0) is 8.55. The molecular formula is C8H6N3O. The average molecular weight is 160 g/mol. The van der Waals surface area contributed by atoms with Gasteiger partial charge in [0.15, 0.2) is 5.69 Å². The number of nitrogens with zero attached hydrogens (tertiary/aromatic N) is 1. The van der Waals surface area contributed by atoms with Crippen LogP contribution < -0.4 is 5.73 Å². The molecule has 2 N–H and O–H groups in total. The van der Waals surface area contributed by atoms with Crippen molar-refractivity contribution in [2.24, 2.45) is 0 Å². The fraction of sp³-hybridized carbons (Fsp3) is 0. The zero-order valence-electron chi connectivity index (χ0n) is 6.16. The van der Waals surface area contributed by atoms with Crippen LogP contribution in [0.5, 0.6) is 0 Å². The molecule has 0 atom stereocenters. The summed E-state index contributed by atoms with van der Waals surface area (Å²) in [5.41, 5.74) is 7.87. The highest BCUT2D eigenvalue weighted by Crippen LogP contribution is 2.14. The SMILES string of the molecule is [NH]C(=O)c1n[nH]c2ccccc12. The third-order valence-electron chi connectivity index (χ3n) is 1.69. The Balaban J connectivity index is 2.79. The fourth-order valence-electron chi connectivity index (χ4n) is 1.14. The topological polar surface area (TPSA) is 69.6 Å². The van der Waals surface area contributed by atoms with Crippen LogP contribution in [0.4, 0.5) is 0 Å². The molecule has 0 bridgehead atoms. The summed E-state index contributed by atoms with van der Waals surface area (Å²) in [5.74, 6) is -0.757. The van der Waals surface area contributed by atoms with Crippen molar-refractivity contribution in [3.8, 4) is 0 Å². The number of para-hydroxylation sites is 1. The molecule has 0 saturated carbocycles. The summed E-state index contributed by atoms with van der Waals surface area (Å²) >= 11 is 0. The number of rotatable bonds is 1. The standard InChI is InChI=1S/C8H6N3O/c9-8(12)7-5-3-1-2-4-6(5)10-11-7/h1-4,9H,(H,10,11). The van der Waals surface area contributed by atoms with E-state index in [4.69, 9.17) is 5.73 Å². The quantitative estimate of drug-likeness (QED) is 0.675. The molecule has 1 aromatic heterocycles. The Morgan fingerprint density at radius 3 is 2.92 bits per heavy atom. The Morgan fingerprint density at radius 1 is 1.42 bits per heavy atom. The van der Waals surface area contributed by atoms with E-state index in [9.17, 15) is 4.79 Å². The van der Waals surface area contributed by atoms with Gasteiger partial charge in [0.05, 0.1) is 5.52 Å². The van der Waals surface area contributed by atoms with E-state index in [1.807, 2.05) is 18.2 Å². The molecule has 2 rings (SSSR count). The monoisotopic (exact) mass is 160 g/mol. The number of aromatic nitrogens is 2. The molecule has 12 heavy (non-hydrogen) atoms. The van der Waals surface area contributed by atoms with E-state index >= 15 is 0 Å². The van der Waals surface area contributed by atoms with E-state index in [1.165, 1.54) is 0 Å². The Bertz CT molecular complexity index is 433. The van der Waals surface area contributed by atoms with Crippen LogP contribution >= 0.6 is 0 Å². The second kappa shape index (κ2) is 2.34. The molecule has 4 heteroatoms. The summed E-state index contributed by atoms with van der Waals surface area (Å²) in [6.45, 7) is 0. The normalized spacial score (nSPS) is 10.3. The summed E-state index contributed by atoms with van der Waals surface area (Å²) in [7, 11) is 0. The van der Waals surface area contributed by atoms with Crippen LogP contribution in [0.3, 0.4) is 0 Å². The molecule has 0 aliphatic rings. The molecule has 2 aromatic rings. The van der Waals surface area contributed by atoms with Crippen LogP contribution in [0.25, 0.3) is 10.9 Å². The lowest BCUT2D eigenvalue weighted by atomic mass is 10.2. The Kier molecular flexibility index (Phi) is 1.33. The van der Waals surface area contributed by atoms with Crippen LogP contribution in [-0.4, -0.2) is 16.1 Å². The highest BCUT2D eigenvalue weighted by Gasteiger charge is 2.09. The smallest absolute Gasteiger partial charge is 0.277 e. The number of hydrogen-bond acceptors (Lipinski definition) is 2. The first-order valence-electron chi connectivity index (χ1n) is 3.48. The van der Waals surface area contributed by atoms with Crippen molar-refractivity contribution in [2.75, 3.05) is 0 Å². The van der Waals surface area contributed by atoms with Crippen molar-refractivity contribution >= 4 is 16.8 Å². The van der Waals surface area contributed by atoms with Gasteiger partial charge in [-0.2, -0.15) is 5.10 Å². The molecule has 0 aliphatic carbocycles. The van der Waals surface area contributed by atoms with Gasteiger partial charge in [-0.3, -0.25) is 15.6 Å². The molecule has 0 fully saturated rings. The average Bonchev–Trinajstić information content (AvgIpc) is 2.47. The van der Waals surface area contributed by atoms with Gasteiger partial charge in [0.2, 0.25) is 0 Å². The van der Waals surface area contributed by atoms with Gasteiger partial charge in [0.1, 0.15) is 0 Å². The zero-order valence-corrected chi connectivity index (χ0v) is 6.16. The minimum absolute atomic E-state index is 0.186. The molecular weight excluding hydrogens is 154 g/mol. The number of fused-ring (bicyclic) bond motifs is 1. The summed E-state index contributed by atoms with van der Waals surface area (Å²) < 4.78 is 0. The van der Waals surface area contributed by atoms with Crippen molar-refractivity contribution in [1.82, 2.24) is 15.9 Å². The highest BCUT2D eigenvalue weighted by atomic mass is 16.1. The molecule has 0 aliphatic heterocycles. The van der Waals surface area contributed by atoms with Crippen LogP contribution in [0.15, 0.2) is 24.3 Å². The maximum Gasteiger partial charge on any atom is 0.290 e. The lowest BCUT2D eigenvalue weighted by Crippen LogP contribution is -1.99. The van der Waals surface area contributed by atoms with Gasteiger partial charge in [-0.15, -0.1) is 0 Å². The second-order valence-corrected chi connectivity index (χ2v) is 2.45. The Morgan fingerprint density at radius 2 is 2.17 bits per heavy atom. The van der Waals surface area contributed by atoms with Gasteiger partial charge in [-0.05, 0) is 6.07 Å². The number of carbonyl (C=O) groups excluding carboxylic acids is 1. The van der Waals surface area contributed by atoms with Gasteiger partial charge in [0.25, 0.3) is 5.91 Å². The molecule has 1 aromatic carbocycles. The maximum absolute atomic E-state index is 10.7. The first kappa shape index (κ1) is 6.84. The van der Waals surface area contributed by atoms with Crippen molar-refractivity contribution < 1.29 is 4.79 Å². The minimum atomic E-state index is -0.757. The number of amides is 1. The third-order valence-corrected chi connectivity index (χ3v) is 1.69. The van der Waals surface area contributed by atoms with Gasteiger partial charge < -0.3 is 0 Å². The first-order valence-corrected chi connectivity index (χ1v) is 3.48. The molecule has 1 amide bonds. The van der Waals surface area contributed by atoms with E-state index < -0.39 is 5.91 Å². The van der Waals surface area contributed by atoms with Crippen LogP contribution in [-0.2, 0) is 0 Å². The highest BCUT2D eigenvalue weighted by molar-refractivity contribution is 6.03. The lowest BCUT2D eigenvalue weighted by Gasteiger charge is -1.87. The van der Waals surface area contributed by atoms with Crippen LogP contribution in [0, 0.1) is 0 Å². The van der Waals surface area contributed by atoms with Gasteiger partial charge in [-0.1, -0.05) is 18.2 Å². The summed E-state index contributed by atoms with van der Waals surface area (Å²) in [4.78, 5) is 10.7. The summed E-state index contributed by atoms with van der Waals surface area (Å²) in [5, 5.41) is 7.12. The largest absolute Gasteiger partial charge is 0.290 e. The predicted molar refractivity (Wildman–Crippen MR) is 43.5 cm³/mol. The van der Waals surface area contributed by atoms with E-state index in [1.54, 1.807) is 6.07 Å². The third kappa shape index (κ3) is 0.852. The molecule has 4 nitrogen and oxygen atoms in total. The number of nitrogens with one attached hydrogen (secondary N) is 2. The van der Waals surface area contributed by atoms with Crippen molar-refractivity contribution in [1.29, 1.82) is 0 Å². The second-order valence-electron chi connectivity index (χ2n) is 2.45. The van der Waals surface area contributed by atoms with Gasteiger partial charge in [-0.25, -0.2) is 0 Å². The van der Waals surface area contributed by atoms with Crippen molar-refractivity contribution in [3.63, 3.8) is 0 Å². The van der Waals surface area contributed by atoms with Crippen molar-refractivity contribution in [3.05, 3.63) is 30.0 Å². The van der Waals surface area contributed by atoms with Gasteiger partial charge >= 0.3 is 0 Å².